The monoisotopic (exact) mass is 335 g/mol. The predicted molar refractivity (Wildman–Crippen MR) is 76.5 cm³/mol. The second-order valence-corrected chi connectivity index (χ2v) is 5.92. The Labute approximate surface area is 130 Å². The molecule has 1 rings (SSSR count). The number of ether oxygens (including phenoxy) is 1. The number of rotatable bonds is 5. The molecule has 1 amide bonds. The van der Waals surface area contributed by atoms with Crippen molar-refractivity contribution in [3.05, 3.63) is 29.8 Å². The Morgan fingerprint density at radius 3 is 2.14 bits per heavy atom. The number of alkyl halides is 3. The lowest BCUT2D eigenvalue weighted by Crippen LogP contribution is -2.39. The van der Waals surface area contributed by atoms with Gasteiger partial charge in [0, 0.05) is 10.9 Å². The summed E-state index contributed by atoms with van der Waals surface area (Å²) in [6, 6.07) is 4.71. The van der Waals surface area contributed by atoms with E-state index in [1.54, 1.807) is 13.8 Å². The molecule has 0 aromatic heterocycles. The molecule has 0 heterocycles. The van der Waals surface area contributed by atoms with Crippen molar-refractivity contribution in [1.82, 2.24) is 5.32 Å². The van der Waals surface area contributed by atoms with E-state index in [1.165, 1.54) is 31.2 Å². The summed E-state index contributed by atoms with van der Waals surface area (Å²) < 4.78 is 41.5. The molecule has 0 radical (unpaired) electrons. The Morgan fingerprint density at radius 2 is 1.68 bits per heavy atom. The third kappa shape index (κ3) is 6.38. The fourth-order valence-corrected chi connectivity index (χ4v) is 2.02. The first-order valence-corrected chi connectivity index (χ1v) is 7.27. The summed E-state index contributed by atoms with van der Waals surface area (Å²) in [4.78, 5) is 23.4. The van der Waals surface area contributed by atoms with Gasteiger partial charge in [-0.3, -0.25) is 4.79 Å². The van der Waals surface area contributed by atoms with Crippen LogP contribution in [0.15, 0.2) is 29.2 Å². The highest BCUT2D eigenvalue weighted by Gasteiger charge is 2.29. The third-order valence-corrected chi connectivity index (χ3v) is 3.15. The standard InChI is InChI=1S/C14H16F3NO3S/c1-8(2)18-12(19)9(3)21-13(20)10-4-6-11(7-5-10)22-14(15,16)17/h4-9H,1-3H3,(H,18,19)/t9-/m1/s1. The maximum absolute atomic E-state index is 12.2. The SMILES string of the molecule is CC(C)NC(=O)[C@@H](C)OC(=O)c1ccc(SC(F)(F)F)cc1. The van der Waals surface area contributed by atoms with Crippen molar-refractivity contribution in [2.45, 2.75) is 43.3 Å². The Balaban J connectivity index is 2.64. The maximum atomic E-state index is 12.2. The van der Waals surface area contributed by atoms with E-state index in [0.29, 0.717) is 0 Å². The lowest BCUT2D eigenvalue weighted by atomic mass is 10.2. The van der Waals surface area contributed by atoms with Crippen LogP contribution in [0, 0.1) is 0 Å². The van der Waals surface area contributed by atoms with E-state index in [4.69, 9.17) is 4.74 Å². The average molecular weight is 335 g/mol. The molecule has 8 heteroatoms. The minimum absolute atomic E-state index is 0.0327. The normalized spacial score (nSPS) is 12.9. The van der Waals surface area contributed by atoms with Gasteiger partial charge >= 0.3 is 11.5 Å². The van der Waals surface area contributed by atoms with Crippen LogP contribution in [0.4, 0.5) is 13.2 Å². The second kappa shape index (κ2) is 7.53. The van der Waals surface area contributed by atoms with Crippen LogP contribution < -0.4 is 5.32 Å². The van der Waals surface area contributed by atoms with Crippen LogP contribution in [0.3, 0.4) is 0 Å². The van der Waals surface area contributed by atoms with E-state index >= 15 is 0 Å². The van der Waals surface area contributed by atoms with E-state index in [0.717, 1.165) is 0 Å². The number of carbonyl (C=O) groups is 2. The number of hydrogen-bond acceptors (Lipinski definition) is 4. The van der Waals surface area contributed by atoms with Gasteiger partial charge in [0.1, 0.15) is 0 Å². The number of hydrogen-bond donors (Lipinski definition) is 1. The van der Waals surface area contributed by atoms with Gasteiger partial charge in [0.25, 0.3) is 5.91 Å². The number of amides is 1. The maximum Gasteiger partial charge on any atom is 0.446 e. The molecule has 1 aromatic carbocycles. The first kappa shape index (κ1) is 18.3. The molecule has 122 valence electrons. The second-order valence-electron chi connectivity index (χ2n) is 4.78. The third-order valence-electron chi connectivity index (χ3n) is 2.41. The van der Waals surface area contributed by atoms with E-state index in [2.05, 4.69) is 5.32 Å². The molecule has 0 spiro atoms. The van der Waals surface area contributed by atoms with Gasteiger partial charge in [0.2, 0.25) is 0 Å². The highest BCUT2D eigenvalue weighted by atomic mass is 32.2. The molecule has 0 aliphatic heterocycles. The topological polar surface area (TPSA) is 55.4 Å². The predicted octanol–water partition coefficient (Wildman–Crippen LogP) is 3.37. The van der Waals surface area contributed by atoms with Gasteiger partial charge in [-0.05, 0) is 56.8 Å². The van der Waals surface area contributed by atoms with Crippen molar-refractivity contribution in [1.29, 1.82) is 0 Å². The summed E-state index contributed by atoms with van der Waals surface area (Å²) in [5.41, 5.74) is -4.30. The van der Waals surface area contributed by atoms with Crippen LogP contribution in [0.5, 0.6) is 0 Å². The van der Waals surface area contributed by atoms with Crippen LogP contribution in [0.1, 0.15) is 31.1 Å². The number of carbonyl (C=O) groups excluding carboxylic acids is 2. The molecule has 22 heavy (non-hydrogen) atoms. The van der Waals surface area contributed by atoms with E-state index < -0.39 is 23.5 Å². The number of nitrogens with one attached hydrogen (secondary N) is 1. The molecule has 0 bridgehead atoms. The van der Waals surface area contributed by atoms with Gasteiger partial charge in [-0.15, -0.1) is 0 Å². The number of benzene rings is 1. The molecule has 1 aromatic rings. The lowest BCUT2D eigenvalue weighted by Gasteiger charge is -2.15. The highest BCUT2D eigenvalue weighted by molar-refractivity contribution is 8.00. The number of halogens is 3. The van der Waals surface area contributed by atoms with Crippen LogP contribution in [0.2, 0.25) is 0 Å². The van der Waals surface area contributed by atoms with Crippen molar-refractivity contribution in [2.75, 3.05) is 0 Å². The van der Waals surface area contributed by atoms with Gasteiger partial charge in [-0.1, -0.05) is 0 Å². The zero-order valence-electron chi connectivity index (χ0n) is 12.2. The smallest absolute Gasteiger partial charge is 0.446 e. The molecular formula is C14H16F3NO3S. The average Bonchev–Trinajstić information content (AvgIpc) is 2.36. The van der Waals surface area contributed by atoms with Gasteiger partial charge < -0.3 is 10.1 Å². The van der Waals surface area contributed by atoms with Crippen LogP contribution >= 0.6 is 11.8 Å². The molecule has 0 aliphatic carbocycles. The minimum Gasteiger partial charge on any atom is -0.449 e. The van der Waals surface area contributed by atoms with Crippen molar-refractivity contribution < 1.29 is 27.5 Å². The van der Waals surface area contributed by atoms with Crippen molar-refractivity contribution in [3.8, 4) is 0 Å². The zero-order valence-corrected chi connectivity index (χ0v) is 13.0. The summed E-state index contributed by atoms with van der Waals surface area (Å²) >= 11 is -0.269. The first-order valence-electron chi connectivity index (χ1n) is 6.45. The van der Waals surface area contributed by atoms with E-state index in [-0.39, 0.29) is 28.3 Å². The highest BCUT2D eigenvalue weighted by Crippen LogP contribution is 2.36. The Kier molecular flexibility index (Phi) is 6.28. The van der Waals surface area contributed by atoms with Crippen LogP contribution in [0.25, 0.3) is 0 Å². The quantitative estimate of drug-likeness (QED) is 0.662. The van der Waals surface area contributed by atoms with Gasteiger partial charge in [0.15, 0.2) is 6.10 Å². The molecule has 4 nitrogen and oxygen atoms in total. The zero-order chi connectivity index (χ0) is 16.9. The molecule has 0 unspecified atom stereocenters. The molecule has 0 fully saturated rings. The number of thioether (sulfide) groups is 1. The van der Waals surface area contributed by atoms with Crippen molar-refractivity contribution in [2.24, 2.45) is 0 Å². The van der Waals surface area contributed by atoms with Gasteiger partial charge in [0.05, 0.1) is 5.56 Å². The largest absolute Gasteiger partial charge is 0.449 e. The molecule has 0 aliphatic rings. The Bertz CT molecular complexity index is 529. The fraction of sp³-hybridized carbons (Fsp3) is 0.429. The van der Waals surface area contributed by atoms with Crippen molar-refractivity contribution >= 4 is 23.6 Å². The Morgan fingerprint density at radius 1 is 1.14 bits per heavy atom. The molecule has 0 saturated heterocycles. The fourth-order valence-electron chi connectivity index (χ4n) is 1.48. The summed E-state index contributed by atoms with van der Waals surface area (Å²) in [6.07, 6.45) is -0.987. The molecule has 1 N–H and O–H groups in total. The summed E-state index contributed by atoms with van der Waals surface area (Å²) in [5, 5.41) is 2.59. The lowest BCUT2D eigenvalue weighted by molar-refractivity contribution is -0.129. The van der Waals surface area contributed by atoms with E-state index in [9.17, 15) is 22.8 Å². The summed E-state index contributed by atoms with van der Waals surface area (Å²) in [7, 11) is 0. The molecular weight excluding hydrogens is 319 g/mol. The van der Waals surface area contributed by atoms with Gasteiger partial charge in [-0.25, -0.2) is 4.79 Å². The summed E-state index contributed by atoms with van der Waals surface area (Å²) in [5.74, 6) is -1.21. The van der Waals surface area contributed by atoms with Crippen molar-refractivity contribution in [3.63, 3.8) is 0 Å². The van der Waals surface area contributed by atoms with Crippen LogP contribution in [-0.4, -0.2) is 29.5 Å². The van der Waals surface area contributed by atoms with E-state index in [1.807, 2.05) is 0 Å². The minimum atomic E-state index is -4.38. The summed E-state index contributed by atoms with van der Waals surface area (Å²) in [6.45, 7) is 4.95. The first-order chi connectivity index (χ1) is 10.1. The Hall–Kier alpha value is -1.70. The van der Waals surface area contributed by atoms with Crippen LogP contribution in [-0.2, 0) is 9.53 Å². The van der Waals surface area contributed by atoms with Gasteiger partial charge in [-0.2, -0.15) is 13.2 Å². The molecule has 0 saturated carbocycles. The molecule has 1 atom stereocenters. The number of esters is 1.